The van der Waals surface area contributed by atoms with E-state index >= 15 is 0 Å². The fraction of sp³-hybridized carbons (Fsp3) is 0.182. The maximum Gasteiger partial charge on any atom is 0.329 e. The zero-order valence-corrected chi connectivity index (χ0v) is 17.0. The standard InChI is InChI=1S/C22H21N5O4/c1-26-20-19(21(29)25-22(26)30)27(13-23-20)12-17(28)24-18(14-7-4-3-5-8-14)15-9-6-10-16(11-15)31-2/h3-11,13,18H,12H2,1-2H3,(H,24,28)(H,25,29,30)/t18-/m1/s1. The van der Waals surface area contributed by atoms with Crippen molar-refractivity contribution in [2.45, 2.75) is 12.6 Å². The number of fused-ring (bicyclic) bond motifs is 1. The van der Waals surface area contributed by atoms with Crippen LogP contribution in [0.25, 0.3) is 11.2 Å². The number of benzene rings is 2. The lowest BCUT2D eigenvalue weighted by atomic mass is 9.98. The van der Waals surface area contributed by atoms with Crippen LogP contribution in [0.5, 0.6) is 5.75 Å². The number of hydrogen-bond acceptors (Lipinski definition) is 5. The number of carbonyl (C=O) groups excluding carboxylic acids is 1. The molecule has 0 aliphatic heterocycles. The summed E-state index contributed by atoms with van der Waals surface area (Å²) in [6.45, 7) is -0.134. The highest BCUT2D eigenvalue weighted by molar-refractivity contribution is 5.79. The Kier molecular flexibility index (Phi) is 5.40. The first-order chi connectivity index (χ1) is 15.0. The van der Waals surface area contributed by atoms with Gasteiger partial charge < -0.3 is 14.6 Å². The van der Waals surface area contributed by atoms with E-state index < -0.39 is 17.3 Å². The van der Waals surface area contributed by atoms with Crippen LogP contribution in [0, 0.1) is 0 Å². The molecule has 1 amide bonds. The molecule has 0 saturated heterocycles. The number of hydrogen-bond donors (Lipinski definition) is 2. The van der Waals surface area contributed by atoms with Gasteiger partial charge >= 0.3 is 5.69 Å². The van der Waals surface area contributed by atoms with Crippen LogP contribution in [-0.2, 0) is 18.4 Å². The summed E-state index contributed by atoms with van der Waals surface area (Å²) in [5.74, 6) is 0.366. The zero-order chi connectivity index (χ0) is 22.0. The number of nitrogens with zero attached hydrogens (tertiary/aromatic N) is 3. The highest BCUT2D eigenvalue weighted by Crippen LogP contribution is 2.25. The minimum atomic E-state index is -0.587. The molecule has 2 aromatic heterocycles. The third-order valence-electron chi connectivity index (χ3n) is 5.06. The number of nitrogens with one attached hydrogen (secondary N) is 2. The maximum atomic E-state index is 13.0. The van der Waals surface area contributed by atoms with Crippen LogP contribution in [0.1, 0.15) is 17.2 Å². The van der Waals surface area contributed by atoms with E-state index in [1.54, 1.807) is 7.11 Å². The Bertz CT molecular complexity index is 1350. The van der Waals surface area contributed by atoms with Crippen molar-refractivity contribution < 1.29 is 9.53 Å². The molecule has 31 heavy (non-hydrogen) atoms. The Balaban J connectivity index is 1.66. The Hall–Kier alpha value is -4.14. The predicted molar refractivity (Wildman–Crippen MR) is 115 cm³/mol. The molecule has 0 aliphatic carbocycles. The van der Waals surface area contributed by atoms with Crippen molar-refractivity contribution in [1.82, 2.24) is 24.4 Å². The normalized spacial score (nSPS) is 11.9. The lowest BCUT2D eigenvalue weighted by Gasteiger charge is -2.20. The molecule has 158 valence electrons. The average Bonchev–Trinajstić information content (AvgIpc) is 3.20. The summed E-state index contributed by atoms with van der Waals surface area (Å²) in [7, 11) is 3.09. The van der Waals surface area contributed by atoms with E-state index in [9.17, 15) is 14.4 Å². The van der Waals surface area contributed by atoms with Crippen molar-refractivity contribution >= 4 is 17.1 Å². The Morgan fingerprint density at radius 1 is 1.13 bits per heavy atom. The molecule has 4 aromatic rings. The van der Waals surface area contributed by atoms with E-state index in [0.717, 1.165) is 11.1 Å². The van der Waals surface area contributed by atoms with Crippen LogP contribution < -0.4 is 21.3 Å². The van der Waals surface area contributed by atoms with Gasteiger partial charge in [0, 0.05) is 7.05 Å². The topological polar surface area (TPSA) is 111 Å². The van der Waals surface area contributed by atoms with Crippen molar-refractivity contribution in [2.24, 2.45) is 7.05 Å². The molecule has 9 heteroatoms. The number of rotatable bonds is 6. The van der Waals surface area contributed by atoms with Crippen LogP contribution in [0.2, 0.25) is 0 Å². The first-order valence-electron chi connectivity index (χ1n) is 9.60. The Labute approximate surface area is 176 Å². The van der Waals surface area contributed by atoms with Crippen molar-refractivity contribution in [3.05, 3.63) is 92.9 Å². The van der Waals surface area contributed by atoms with Crippen molar-refractivity contribution in [1.29, 1.82) is 0 Å². The van der Waals surface area contributed by atoms with Crippen LogP contribution in [0.3, 0.4) is 0 Å². The molecule has 2 heterocycles. The number of amides is 1. The third kappa shape index (κ3) is 3.97. The summed E-state index contributed by atoms with van der Waals surface area (Å²) in [5.41, 5.74) is 0.989. The van der Waals surface area contributed by atoms with Crippen LogP contribution in [0.15, 0.2) is 70.5 Å². The van der Waals surface area contributed by atoms with Crippen molar-refractivity contribution in [2.75, 3.05) is 7.11 Å². The van der Waals surface area contributed by atoms with Crippen LogP contribution in [0.4, 0.5) is 0 Å². The highest BCUT2D eigenvalue weighted by atomic mass is 16.5. The van der Waals surface area contributed by atoms with Gasteiger partial charge in [-0.1, -0.05) is 42.5 Å². The second kappa shape index (κ2) is 8.31. The fourth-order valence-corrected chi connectivity index (χ4v) is 3.49. The largest absolute Gasteiger partial charge is 0.497 e. The molecule has 0 radical (unpaired) electrons. The van der Waals surface area contributed by atoms with Gasteiger partial charge in [0.15, 0.2) is 11.2 Å². The number of imidazole rings is 1. The number of H-pyrrole nitrogens is 1. The van der Waals surface area contributed by atoms with Crippen molar-refractivity contribution in [3.63, 3.8) is 0 Å². The SMILES string of the molecule is COc1cccc([C@H](NC(=O)Cn2cnc3c2c(=O)[nH]c(=O)n3C)c2ccccc2)c1. The number of ether oxygens (including phenoxy) is 1. The molecular formula is C22H21N5O4. The van der Waals surface area contributed by atoms with Gasteiger partial charge in [-0.2, -0.15) is 0 Å². The summed E-state index contributed by atoms with van der Waals surface area (Å²) in [6, 6.07) is 16.6. The fourth-order valence-electron chi connectivity index (χ4n) is 3.49. The van der Waals surface area contributed by atoms with Crippen LogP contribution >= 0.6 is 0 Å². The van der Waals surface area contributed by atoms with Gasteiger partial charge in [0.25, 0.3) is 5.56 Å². The average molecular weight is 419 g/mol. The summed E-state index contributed by atoms with van der Waals surface area (Å²) in [4.78, 5) is 43.4. The van der Waals surface area contributed by atoms with E-state index in [2.05, 4.69) is 15.3 Å². The first-order valence-corrected chi connectivity index (χ1v) is 9.60. The summed E-state index contributed by atoms with van der Waals surface area (Å²) >= 11 is 0. The summed E-state index contributed by atoms with van der Waals surface area (Å²) < 4.78 is 7.98. The van der Waals surface area contributed by atoms with Crippen molar-refractivity contribution in [3.8, 4) is 5.75 Å². The summed E-state index contributed by atoms with van der Waals surface area (Å²) in [6.07, 6.45) is 1.38. The molecule has 9 nitrogen and oxygen atoms in total. The first kappa shape index (κ1) is 20.1. The number of aromatic amines is 1. The van der Waals surface area contributed by atoms with Gasteiger partial charge in [-0.25, -0.2) is 9.78 Å². The van der Waals surface area contributed by atoms with Gasteiger partial charge in [0.05, 0.1) is 19.5 Å². The Morgan fingerprint density at radius 3 is 2.61 bits per heavy atom. The summed E-state index contributed by atoms with van der Waals surface area (Å²) in [5, 5.41) is 3.03. The molecule has 4 rings (SSSR count). The number of methoxy groups -OCH3 is 1. The van der Waals surface area contributed by atoms with E-state index in [-0.39, 0.29) is 23.6 Å². The van der Waals surface area contributed by atoms with Gasteiger partial charge in [-0.15, -0.1) is 0 Å². The van der Waals surface area contributed by atoms with E-state index in [4.69, 9.17) is 4.74 Å². The second-order valence-electron chi connectivity index (χ2n) is 7.05. The molecular weight excluding hydrogens is 398 g/mol. The molecule has 0 spiro atoms. The molecule has 2 aromatic carbocycles. The number of carbonyl (C=O) groups is 1. The van der Waals surface area contributed by atoms with Gasteiger partial charge in [-0.3, -0.25) is 19.1 Å². The third-order valence-corrected chi connectivity index (χ3v) is 5.06. The minimum absolute atomic E-state index is 0.134. The van der Waals surface area contributed by atoms with Crippen LogP contribution in [-0.4, -0.2) is 32.1 Å². The van der Waals surface area contributed by atoms with E-state index in [0.29, 0.717) is 5.75 Å². The molecule has 1 atom stereocenters. The second-order valence-corrected chi connectivity index (χ2v) is 7.05. The van der Waals surface area contributed by atoms with E-state index in [1.807, 2.05) is 54.6 Å². The molecule has 0 unspecified atom stereocenters. The van der Waals surface area contributed by atoms with E-state index in [1.165, 1.54) is 22.5 Å². The lowest BCUT2D eigenvalue weighted by Crippen LogP contribution is -2.33. The zero-order valence-electron chi connectivity index (χ0n) is 17.0. The molecule has 0 bridgehead atoms. The predicted octanol–water partition coefficient (Wildman–Crippen LogP) is 1.34. The Morgan fingerprint density at radius 2 is 1.87 bits per heavy atom. The van der Waals surface area contributed by atoms with Gasteiger partial charge in [0.1, 0.15) is 12.3 Å². The number of aryl methyl sites for hydroxylation is 1. The molecule has 0 fully saturated rings. The highest BCUT2D eigenvalue weighted by Gasteiger charge is 2.19. The minimum Gasteiger partial charge on any atom is -0.497 e. The maximum absolute atomic E-state index is 13.0. The van der Waals surface area contributed by atoms with Gasteiger partial charge in [-0.05, 0) is 23.3 Å². The van der Waals surface area contributed by atoms with Gasteiger partial charge in [0.2, 0.25) is 5.91 Å². The quantitative estimate of drug-likeness (QED) is 0.490. The lowest BCUT2D eigenvalue weighted by molar-refractivity contribution is -0.122. The molecule has 2 N–H and O–H groups in total. The molecule has 0 saturated carbocycles. The smallest absolute Gasteiger partial charge is 0.329 e. The molecule has 0 aliphatic rings. The number of aromatic nitrogens is 4. The monoisotopic (exact) mass is 419 g/mol.